The Balaban J connectivity index is 0.960. The van der Waals surface area contributed by atoms with Crippen molar-refractivity contribution in [3.05, 3.63) is 119 Å². The van der Waals surface area contributed by atoms with E-state index in [0.29, 0.717) is 25.3 Å². The van der Waals surface area contributed by atoms with Crippen LogP contribution in [0, 0.1) is 38.9 Å². The van der Waals surface area contributed by atoms with E-state index in [-0.39, 0.29) is 37.3 Å². The number of aryl methyl sites for hydroxylation is 4. The molecule has 370 valence electrons. The van der Waals surface area contributed by atoms with Gasteiger partial charge in [-0.25, -0.2) is 14.4 Å². The summed E-state index contributed by atoms with van der Waals surface area (Å²) >= 11 is 1.57. The summed E-state index contributed by atoms with van der Waals surface area (Å²) in [6, 6.07) is 16.9. The van der Waals surface area contributed by atoms with Crippen LogP contribution in [0.25, 0.3) is 27.3 Å². The summed E-state index contributed by atoms with van der Waals surface area (Å²) in [5, 5.41) is 10.1. The fraction of sp³-hybridized carbons (Fsp3) is 0.415. The van der Waals surface area contributed by atoms with Gasteiger partial charge in [-0.2, -0.15) is 0 Å². The zero-order valence-electron chi connectivity index (χ0n) is 41.4. The molecule has 4 heterocycles. The number of anilines is 2. The summed E-state index contributed by atoms with van der Waals surface area (Å²) in [6.07, 6.45) is 6.47. The van der Waals surface area contributed by atoms with Gasteiger partial charge in [-0.05, 0) is 106 Å². The fourth-order valence-electron chi connectivity index (χ4n) is 8.95. The smallest absolute Gasteiger partial charge is 0.302 e. The number of carbonyl (C=O) groups is 4. The summed E-state index contributed by atoms with van der Waals surface area (Å²) in [5.74, 6) is -1.48. The molecule has 1 aliphatic rings. The van der Waals surface area contributed by atoms with Crippen molar-refractivity contribution in [2.75, 3.05) is 31.2 Å². The molecule has 1 fully saturated rings. The molecule has 1 aliphatic heterocycles. The first kappa shape index (κ1) is 51.1. The lowest BCUT2D eigenvalue weighted by Gasteiger charge is -2.35. The number of imidazole rings is 1. The molecule has 0 bridgehead atoms. The highest BCUT2D eigenvalue weighted by molar-refractivity contribution is 7.13. The normalized spacial score (nSPS) is 15.7. The van der Waals surface area contributed by atoms with E-state index in [0.717, 1.165) is 74.1 Å². The third kappa shape index (κ3) is 12.2. The van der Waals surface area contributed by atoms with Gasteiger partial charge < -0.3 is 39.0 Å². The quantitative estimate of drug-likeness (QED) is 0.0585. The van der Waals surface area contributed by atoms with E-state index >= 15 is 4.39 Å². The van der Waals surface area contributed by atoms with Crippen LogP contribution in [0.3, 0.4) is 0 Å². The number of thiazole rings is 1. The first-order chi connectivity index (χ1) is 33.4. The first-order valence-corrected chi connectivity index (χ1v) is 24.5. The largest absolute Gasteiger partial charge is 0.461 e. The van der Waals surface area contributed by atoms with Crippen LogP contribution in [-0.4, -0.2) is 92.8 Å². The SMILES string of the molecule is CC(=O)O[C@@H]1C[C@@H](C(=O)N[C@@H](C)c2ccc(-c3scnc3C)cc2)N(C(=O)[C@@H](NC(=O)COCCCCCN(c2ccc(F)c(-n3ccnc3)c2)c2cc(-c3c(C)noc3C)ccc2C)C(C)(C)C)C1. The van der Waals surface area contributed by atoms with E-state index in [4.69, 9.17) is 14.0 Å². The van der Waals surface area contributed by atoms with Crippen molar-refractivity contribution in [3.8, 4) is 27.3 Å². The number of ether oxygens (including phenoxy) is 2. The number of hydrogen-bond donors (Lipinski definition) is 2. The van der Waals surface area contributed by atoms with Crippen molar-refractivity contribution < 1.29 is 37.6 Å². The molecule has 2 N–H and O–H groups in total. The van der Waals surface area contributed by atoms with Crippen molar-refractivity contribution in [2.24, 2.45) is 5.41 Å². The van der Waals surface area contributed by atoms with E-state index in [1.807, 2.05) is 91.2 Å². The number of nitrogens with zero attached hydrogens (tertiary/aromatic N) is 6. The number of rotatable bonds is 19. The Labute approximate surface area is 412 Å². The van der Waals surface area contributed by atoms with Gasteiger partial charge in [-0.1, -0.05) is 62.3 Å². The highest BCUT2D eigenvalue weighted by Gasteiger charge is 2.46. The zero-order valence-corrected chi connectivity index (χ0v) is 42.2. The van der Waals surface area contributed by atoms with Crippen LogP contribution in [0.1, 0.15) is 94.6 Å². The Morgan fingerprint density at radius 3 is 2.37 bits per heavy atom. The summed E-state index contributed by atoms with van der Waals surface area (Å²) in [4.78, 5) is 67.1. The Hall–Kier alpha value is -6.72. The van der Waals surface area contributed by atoms with Crippen LogP contribution >= 0.6 is 11.3 Å². The van der Waals surface area contributed by atoms with E-state index < -0.39 is 41.4 Å². The maximum Gasteiger partial charge on any atom is 0.302 e. The van der Waals surface area contributed by atoms with Gasteiger partial charge in [0.1, 0.15) is 36.4 Å². The molecule has 0 unspecified atom stereocenters. The van der Waals surface area contributed by atoms with E-state index in [1.54, 1.807) is 40.7 Å². The second-order valence-corrected chi connectivity index (χ2v) is 19.9. The molecule has 3 aromatic carbocycles. The standard InChI is InChI=1S/C53H63FN8O7S/c1-32-13-14-40(48-34(3)59-69-36(48)5)25-44(32)61(41-19-20-43(54)45(26-41)60-23-21-55-30-60)22-11-10-12-24-67-29-47(64)58-50(53(7,8)9)52(66)62-28-42(68-37(6)63)27-46(62)51(65)57-33(2)38-15-17-39(18-16-38)49-35(4)56-31-70-49/h13-21,23,25-26,30-31,33,42,46,50H,10-12,22,24,27-29H2,1-9H3,(H,57,65)(H,58,64)/t33-,42+,46-,50+/m0/s1. The van der Waals surface area contributed by atoms with Gasteiger partial charge in [-0.3, -0.25) is 19.2 Å². The lowest BCUT2D eigenvalue weighted by atomic mass is 9.85. The van der Waals surface area contributed by atoms with Crippen LogP contribution in [0.4, 0.5) is 15.8 Å². The van der Waals surface area contributed by atoms with Gasteiger partial charge in [0.2, 0.25) is 17.7 Å². The number of aromatic nitrogens is 4. The van der Waals surface area contributed by atoms with Crippen LogP contribution in [-0.2, 0) is 28.7 Å². The minimum Gasteiger partial charge on any atom is -0.461 e. The van der Waals surface area contributed by atoms with Gasteiger partial charge in [0.25, 0.3) is 0 Å². The number of carbonyl (C=O) groups excluding carboxylic acids is 4. The second-order valence-electron chi connectivity index (χ2n) is 19.0. The summed E-state index contributed by atoms with van der Waals surface area (Å²) in [5.41, 5.74) is 9.79. The van der Waals surface area contributed by atoms with Crippen LogP contribution in [0.5, 0.6) is 0 Å². The third-order valence-electron chi connectivity index (χ3n) is 12.6. The van der Waals surface area contributed by atoms with Gasteiger partial charge in [0.05, 0.1) is 46.4 Å². The lowest BCUT2D eigenvalue weighted by molar-refractivity contribution is -0.147. The maximum atomic E-state index is 15.2. The molecule has 0 radical (unpaired) electrons. The number of hydrogen-bond acceptors (Lipinski definition) is 12. The molecule has 7 rings (SSSR count). The molecule has 6 aromatic rings. The fourth-order valence-corrected chi connectivity index (χ4v) is 9.76. The third-order valence-corrected chi connectivity index (χ3v) is 13.6. The Morgan fingerprint density at radius 1 is 0.957 bits per heavy atom. The van der Waals surface area contributed by atoms with Crippen molar-refractivity contribution >= 4 is 46.4 Å². The molecule has 0 aliphatic carbocycles. The van der Waals surface area contributed by atoms with E-state index in [1.165, 1.54) is 17.9 Å². The Bertz CT molecular complexity index is 2760. The molecule has 3 amide bonds. The van der Waals surface area contributed by atoms with E-state index in [9.17, 15) is 19.2 Å². The predicted molar refractivity (Wildman–Crippen MR) is 267 cm³/mol. The number of likely N-dealkylation sites (tertiary alicyclic amines) is 1. The lowest BCUT2D eigenvalue weighted by Crippen LogP contribution is -2.58. The number of amides is 3. The Kier molecular flexibility index (Phi) is 16.3. The molecular formula is C53H63FN8O7S. The highest BCUT2D eigenvalue weighted by atomic mass is 32.1. The molecule has 3 aromatic heterocycles. The number of benzene rings is 3. The van der Waals surface area contributed by atoms with Crippen LogP contribution in [0.2, 0.25) is 0 Å². The predicted octanol–water partition coefficient (Wildman–Crippen LogP) is 9.29. The average Bonchev–Trinajstić information content (AvgIpc) is 4.15. The molecule has 4 atom stereocenters. The number of halogens is 1. The molecule has 70 heavy (non-hydrogen) atoms. The van der Waals surface area contributed by atoms with Crippen molar-refractivity contribution in [2.45, 2.75) is 112 Å². The minimum absolute atomic E-state index is 0.00328. The summed E-state index contributed by atoms with van der Waals surface area (Å²) < 4.78 is 33.7. The number of nitrogens with one attached hydrogen (secondary N) is 2. The molecule has 0 spiro atoms. The van der Waals surface area contributed by atoms with Crippen LogP contribution < -0.4 is 15.5 Å². The number of unbranched alkanes of at least 4 members (excludes halogenated alkanes) is 2. The van der Waals surface area contributed by atoms with E-state index in [2.05, 4.69) is 48.9 Å². The highest BCUT2D eigenvalue weighted by Crippen LogP contribution is 2.37. The van der Waals surface area contributed by atoms with Gasteiger partial charge in [0, 0.05) is 55.8 Å². The number of esters is 1. The average molecular weight is 975 g/mol. The van der Waals surface area contributed by atoms with Crippen molar-refractivity contribution in [1.82, 2.24) is 35.2 Å². The van der Waals surface area contributed by atoms with Crippen molar-refractivity contribution in [3.63, 3.8) is 0 Å². The summed E-state index contributed by atoms with van der Waals surface area (Å²) in [6.45, 7) is 17.1. The Morgan fingerprint density at radius 2 is 1.71 bits per heavy atom. The zero-order chi connectivity index (χ0) is 50.3. The second kappa shape index (κ2) is 22.4. The molecule has 15 nitrogen and oxygen atoms in total. The maximum absolute atomic E-state index is 15.2. The molecule has 1 saturated heterocycles. The molecule has 17 heteroatoms. The van der Waals surface area contributed by atoms with Crippen molar-refractivity contribution in [1.29, 1.82) is 0 Å². The molecular weight excluding hydrogens is 912 g/mol. The first-order valence-electron chi connectivity index (χ1n) is 23.6. The van der Waals surface area contributed by atoms with Crippen LogP contribution in [0.15, 0.2) is 89.4 Å². The van der Waals surface area contributed by atoms with Gasteiger partial charge >= 0.3 is 5.97 Å². The topological polar surface area (TPSA) is 174 Å². The molecule has 0 saturated carbocycles. The minimum atomic E-state index is -1.01. The van der Waals surface area contributed by atoms with Gasteiger partial charge in [0.15, 0.2) is 0 Å². The van der Waals surface area contributed by atoms with Gasteiger partial charge in [-0.15, -0.1) is 11.3 Å². The monoisotopic (exact) mass is 974 g/mol. The summed E-state index contributed by atoms with van der Waals surface area (Å²) in [7, 11) is 0.